The molecule has 2 heterocycles. The van der Waals surface area contributed by atoms with Crippen molar-refractivity contribution in [1.29, 1.82) is 0 Å². The smallest absolute Gasteiger partial charge is 0.167 e. The molecule has 18 heavy (non-hydrogen) atoms. The summed E-state index contributed by atoms with van der Waals surface area (Å²) in [6.45, 7) is 4.14. The Hall–Kier alpha value is -1.75. The molecular weight excluding hydrogens is 244 g/mol. The third-order valence-electron chi connectivity index (χ3n) is 2.86. The lowest BCUT2D eigenvalue weighted by Crippen LogP contribution is -2.16. The summed E-state index contributed by atoms with van der Waals surface area (Å²) in [4.78, 5) is 10.5. The topological polar surface area (TPSA) is 34.0 Å². The van der Waals surface area contributed by atoms with Gasteiger partial charge in [-0.3, -0.25) is 4.98 Å². The van der Waals surface area contributed by atoms with Crippen LogP contribution in [0, 0.1) is 0 Å². The molecule has 0 aliphatic heterocycles. The van der Waals surface area contributed by atoms with Crippen LogP contribution < -0.4 is 4.90 Å². The van der Waals surface area contributed by atoms with Crippen LogP contribution >= 0.6 is 11.8 Å². The monoisotopic (exact) mass is 260 g/mol. The zero-order valence-corrected chi connectivity index (χ0v) is 11.6. The number of nitrogens with zero attached hydrogens (tertiary/aromatic N) is 4. The number of thioether (sulfide) groups is 1. The molecule has 0 spiro atoms. The van der Waals surface area contributed by atoms with Crippen molar-refractivity contribution in [1.82, 2.24) is 14.5 Å². The molecule has 0 N–H and O–H groups in total. The van der Waals surface area contributed by atoms with E-state index in [2.05, 4.69) is 16.5 Å². The first-order valence-corrected chi connectivity index (χ1v) is 6.76. The predicted octanol–water partition coefficient (Wildman–Crippen LogP) is 2.64. The van der Waals surface area contributed by atoms with E-state index >= 15 is 0 Å². The first-order valence-electron chi connectivity index (χ1n) is 5.54. The number of rotatable bonds is 4. The van der Waals surface area contributed by atoms with Crippen molar-refractivity contribution in [3.8, 4) is 0 Å². The molecule has 0 aliphatic carbocycles. The fraction of sp³-hybridized carbons (Fsp3) is 0.231. The maximum atomic E-state index is 4.35. The van der Waals surface area contributed by atoms with E-state index in [1.165, 1.54) is 0 Å². The van der Waals surface area contributed by atoms with Gasteiger partial charge in [0.15, 0.2) is 5.16 Å². The van der Waals surface area contributed by atoms with E-state index in [0.29, 0.717) is 0 Å². The average Bonchev–Trinajstić information content (AvgIpc) is 2.79. The van der Waals surface area contributed by atoms with Crippen LogP contribution in [0.1, 0.15) is 5.69 Å². The van der Waals surface area contributed by atoms with Crippen LogP contribution in [-0.2, 0) is 7.05 Å². The zero-order valence-electron chi connectivity index (χ0n) is 10.8. The van der Waals surface area contributed by atoms with Gasteiger partial charge >= 0.3 is 0 Å². The van der Waals surface area contributed by atoms with Crippen LogP contribution in [0.5, 0.6) is 0 Å². The molecule has 0 aromatic carbocycles. The van der Waals surface area contributed by atoms with Crippen LogP contribution in [0.2, 0.25) is 0 Å². The van der Waals surface area contributed by atoms with Crippen LogP contribution in [0.15, 0.2) is 42.5 Å². The quantitative estimate of drug-likeness (QED) is 0.791. The SMILES string of the molecule is C=C(c1cnc(SC)n1C)N(C)c1cccnc1. The van der Waals surface area contributed by atoms with E-state index in [4.69, 9.17) is 0 Å². The normalized spacial score (nSPS) is 10.4. The molecule has 2 aromatic rings. The molecule has 94 valence electrons. The van der Waals surface area contributed by atoms with Gasteiger partial charge in [0.25, 0.3) is 0 Å². The Labute approximate surface area is 111 Å². The molecule has 2 rings (SSSR count). The lowest BCUT2D eigenvalue weighted by molar-refractivity contribution is 0.779. The lowest BCUT2D eigenvalue weighted by atomic mass is 10.3. The Kier molecular flexibility index (Phi) is 3.72. The highest BCUT2D eigenvalue weighted by Crippen LogP contribution is 2.24. The Morgan fingerprint density at radius 1 is 1.44 bits per heavy atom. The van der Waals surface area contributed by atoms with Crippen LogP contribution in [0.4, 0.5) is 5.69 Å². The van der Waals surface area contributed by atoms with Crippen molar-refractivity contribution >= 4 is 23.1 Å². The van der Waals surface area contributed by atoms with Gasteiger partial charge in [-0.1, -0.05) is 18.3 Å². The van der Waals surface area contributed by atoms with Gasteiger partial charge in [0, 0.05) is 20.3 Å². The minimum absolute atomic E-state index is 0.901. The maximum Gasteiger partial charge on any atom is 0.167 e. The second-order valence-electron chi connectivity index (χ2n) is 3.91. The summed E-state index contributed by atoms with van der Waals surface area (Å²) < 4.78 is 2.04. The maximum absolute atomic E-state index is 4.35. The van der Waals surface area contributed by atoms with Crippen molar-refractivity contribution < 1.29 is 0 Å². The molecule has 0 bridgehead atoms. The predicted molar refractivity (Wildman–Crippen MR) is 76.7 cm³/mol. The Morgan fingerprint density at radius 3 is 2.78 bits per heavy atom. The fourth-order valence-corrected chi connectivity index (χ4v) is 2.26. The number of anilines is 1. The number of hydrogen-bond donors (Lipinski definition) is 0. The highest BCUT2D eigenvalue weighted by Gasteiger charge is 2.13. The van der Waals surface area contributed by atoms with Gasteiger partial charge in [-0.15, -0.1) is 0 Å². The fourth-order valence-electron chi connectivity index (χ4n) is 1.73. The Morgan fingerprint density at radius 2 is 2.22 bits per heavy atom. The Balaban J connectivity index is 2.29. The van der Waals surface area contributed by atoms with Crippen LogP contribution in [0.25, 0.3) is 5.70 Å². The molecule has 5 heteroatoms. The summed E-state index contributed by atoms with van der Waals surface area (Å²) in [5, 5.41) is 0.978. The number of pyridine rings is 1. The summed E-state index contributed by atoms with van der Waals surface area (Å²) in [5.74, 6) is 0. The van der Waals surface area contributed by atoms with E-state index in [1.807, 2.05) is 54.3 Å². The van der Waals surface area contributed by atoms with Gasteiger partial charge in [-0.05, 0) is 18.4 Å². The van der Waals surface area contributed by atoms with Crippen molar-refractivity contribution in [2.45, 2.75) is 5.16 Å². The third-order valence-corrected chi connectivity index (χ3v) is 3.61. The van der Waals surface area contributed by atoms with Gasteiger partial charge < -0.3 is 9.47 Å². The molecule has 0 amide bonds. The molecule has 0 aliphatic rings. The molecule has 0 fully saturated rings. The standard InChI is InChI=1S/C13H16N4S/c1-10(12-9-15-13(18-4)17(12)3)16(2)11-6-5-7-14-8-11/h5-9H,1H2,2-4H3. The second kappa shape index (κ2) is 5.27. The molecular formula is C13H16N4S. The third kappa shape index (κ3) is 2.26. The minimum atomic E-state index is 0.901. The van der Waals surface area contributed by atoms with E-state index in [-0.39, 0.29) is 0 Å². The molecule has 0 unspecified atom stereocenters. The summed E-state index contributed by atoms with van der Waals surface area (Å²) in [6, 6.07) is 3.92. The van der Waals surface area contributed by atoms with Crippen LogP contribution in [0.3, 0.4) is 0 Å². The van der Waals surface area contributed by atoms with E-state index in [9.17, 15) is 0 Å². The summed E-state index contributed by atoms with van der Waals surface area (Å²) in [7, 11) is 3.97. The van der Waals surface area contributed by atoms with Crippen molar-refractivity contribution in [3.05, 3.63) is 43.0 Å². The summed E-state index contributed by atoms with van der Waals surface area (Å²) >= 11 is 1.62. The van der Waals surface area contributed by atoms with Gasteiger partial charge in [0.2, 0.25) is 0 Å². The molecule has 2 aromatic heterocycles. The average molecular weight is 260 g/mol. The van der Waals surface area contributed by atoms with Gasteiger partial charge in [-0.2, -0.15) is 0 Å². The molecule has 0 atom stereocenters. The van der Waals surface area contributed by atoms with Crippen LogP contribution in [-0.4, -0.2) is 27.8 Å². The highest BCUT2D eigenvalue weighted by molar-refractivity contribution is 7.98. The van der Waals surface area contributed by atoms with Gasteiger partial charge in [0.1, 0.15) is 0 Å². The molecule has 0 saturated carbocycles. The van der Waals surface area contributed by atoms with Crippen molar-refractivity contribution in [2.75, 3.05) is 18.2 Å². The summed E-state index contributed by atoms with van der Waals surface area (Å²) in [6.07, 6.45) is 7.44. The largest absolute Gasteiger partial charge is 0.342 e. The molecule has 0 radical (unpaired) electrons. The van der Waals surface area contributed by atoms with E-state index in [1.54, 1.807) is 18.0 Å². The van der Waals surface area contributed by atoms with Gasteiger partial charge in [0.05, 0.1) is 29.5 Å². The number of imidazole rings is 1. The van der Waals surface area contributed by atoms with Crippen molar-refractivity contribution in [3.63, 3.8) is 0 Å². The number of hydrogen-bond acceptors (Lipinski definition) is 4. The highest BCUT2D eigenvalue weighted by atomic mass is 32.2. The van der Waals surface area contributed by atoms with Crippen molar-refractivity contribution in [2.24, 2.45) is 7.05 Å². The minimum Gasteiger partial charge on any atom is -0.342 e. The van der Waals surface area contributed by atoms with E-state index in [0.717, 1.165) is 22.2 Å². The molecule has 0 saturated heterocycles. The number of aromatic nitrogens is 3. The second-order valence-corrected chi connectivity index (χ2v) is 4.68. The lowest BCUT2D eigenvalue weighted by Gasteiger charge is -2.21. The zero-order chi connectivity index (χ0) is 13.1. The first kappa shape index (κ1) is 12.7. The summed E-state index contributed by atoms with van der Waals surface area (Å²) in [5.41, 5.74) is 2.92. The van der Waals surface area contributed by atoms with Gasteiger partial charge in [-0.25, -0.2) is 4.98 Å². The Bertz CT molecular complexity index is 547. The molecule has 4 nitrogen and oxygen atoms in total. The first-order chi connectivity index (χ1) is 8.65. The van der Waals surface area contributed by atoms with E-state index < -0.39 is 0 Å².